The number of nitrogens with one attached hydrogen (secondary N) is 1. The van der Waals surface area contributed by atoms with Gasteiger partial charge in [-0.25, -0.2) is 4.79 Å². The monoisotopic (exact) mass is 402 g/mol. The van der Waals surface area contributed by atoms with Crippen molar-refractivity contribution < 1.29 is 9.21 Å². The fourth-order valence-electron chi connectivity index (χ4n) is 4.10. The number of aromatic nitrogens is 2. The Morgan fingerprint density at radius 2 is 1.33 bits per heavy atom. The maximum absolute atomic E-state index is 13.1. The molecule has 1 aromatic heterocycles. The zero-order valence-electron chi connectivity index (χ0n) is 16.9. The quantitative estimate of drug-likeness (QED) is 0.676. The van der Waals surface area contributed by atoms with Crippen molar-refractivity contribution in [1.29, 1.82) is 0 Å². The van der Waals surface area contributed by atoms with Gasteiger partial charge in [0, 0.05) is 24.9 Å². The van der Waals surface area contributed by atoms with Gasteiger partial charge in [-0.15, -0.1) is 10.2 Å². The molecule has 1 aliphatic carbocycles. The highest BCUT2D eigenvalue weighted by Gasteiger charge is 2.32. The van der Waals surface area contributed by atoms with Crippen molar-refractivity contribution in [2.75, 3.05) is 13.1 Å². The summed E-state index contributed by atoms with van der Waals surface area (Å²) in [6.45, 7) is 1.38. The molecule has 6 heteroatoms. The first-order chi connectivity index (χ1) is 14.8. The molecule has 1 N–H and O–H groups in total. The van der Waals surface area contributed by atoms with Crippen LogP contribution in [-0.4, -0.2) is 34.2 Å². The van der Waals surface area contributed by atoms with E-state index in [4.69, 9.17) is 4.42 Å². The highest BCUT2D eigenvalue weighted by atomic mass is 16.4. The summed E-state index contributed by atoms with van der Waals surface area (Å²) in [5, 5.41) is 11.7. The van der Waals surface area contributed by atoms with Gasteiger partial charge >= 0.3 is 6.03 Å². The maximum Gasteiger partial charge on any atom is 0.318 e. The predicted octanol–water partition coefficient (Wildman–Crippen LogP) is 4.63. The van der Waals surface area contributed by atoms with E-state index in [0.29, 0.717) is 19.0 Å². The molecule has 2 aromatic carbocycles. The Kier molecular flexibility index (Phi) is 5.22. The minimum absolute atomic E-state index is 0.0321. The van der Waals surface area contributed by atoms with E-state index in [1.165, 1.54) is 0 Å². The summed E-state index contributed by atoms with van der Waals surface area (Å²) in [5.74, 6) is 2.25. The third kappa shape index (κ3) is 4.08. The van der Waals surface area contributed by atoms with E-state index in [1.807, 2.05) is 41.3 Å². The third-order valence-corrected chi connectivity index (χ3v) is 6.05. The molecule has 5 rings (SSSR count). The van der Waals surface area contributed by atoms with Crippen molar-refractivity contribution in [3.63, 3.8) is 0 Å². The first kappa shape index (κ1) is 18.9. The predicted molar refractivity (Wildman–Crippen MR) is 113 cm³/mol. The van der Waals surface area contributed by atoms with Crippen LogP contribution < -0.4 is 5.32 Å². The molecule has 0 unspecified atom stereocenters. The number of hydrogen-bond donors (Lipinski definition) is 1. The average molecular weight is 402 g/mol. The van der Waals surface area contributed by atoms with Crippen LogP contribution >= 0.6 is 0 Å². The molecule has 2 fully saturated rings. The van der Waals surface area contributed by atoms with Crippen LogP contribution in [0, 0.1) is 0 Å². The fraction of sp³-hybridized carbons (Fsp3) is 0.375. The van der Waals surface area contributed by atoms with Crippen LogP contribution in [0.15, 0.2) is 65.1 Å². The van der Waals surface area contributed by atoms with Crippen molar-refractivity contribution in [2.24, 2.45) is 0 Å². The number of nitrogens with zero attached hydrogens (tertiary/aromatic N) is 3. The largest absolute Gasteiger partial charge is 0.425 e. The lowest BCUT2D eigenvalue weighted by Crippen LogP contribution is -2.45. The lowest BCUT2D eigenvalue weighted by Gasteiger charge is -2.32. The molecule has 2 heterocycles. The topological polar surface area (TPSA) is 71.3 Å². The first-order valence-corrected chi connectivity index (χ1v) is 10.8. The van der Waals surface area contributed by atoms with Crippen molar-refractivity contribution in [1.82, 2.24) is 20.4 Å². The molecule has 2 aliphatic rings. The van der Waals surface area contributed by atoms with Gasteiger partial charge < -0.3 is 14.6 Å². The van der Waals surface area contributed by atoms with E-state index in [0.717, 1.165) is 48.6 Å². The molecule has 154 valence electrons. The summed E-state index contributed by atoms with van der Waals surface area (Å²) in [6, 6.07) is 20.0. The Balaban J connectivity index is 1.24. The molecule has 6 nitrogen and oxygen atoms in total. The molecule has 0 atom stereocenters. The summed E-state index contributed by atoms with van der Waals surface area (Å²) in [5.41, 5.74) is 2.15. The van der Waals surface area contributed by atoms with E-state index >= 15 is 0 Å². The Morgan fingerprint density at radius 3 is 1.83 bits per heavy atom. The second kappa shape index (κ2) is 8.30. The molecule has 3 aromatic rings. The van der Waals surface area contributed by atoms with Gasteiger partial charge in [0.2, 0.25) is 11.8 Å². The second-order valence-electron chi connectivity index (χ2n) is 8.22. The lowest BCUT2D eigenvalue weighted by molar-refractivity contribution is 0.174. The van der Waals surface area contributed by atoms with Gasteiger partial charge in [-0.2, -0.15) is 0 Å². The SMILES string of the molecule is O=C(NC(c1ccccc1)c1ccccc1)N1CCC(c2nnc(C3CC3)o2)CC1. The van der Waals surface area contributed by atoms with E-state index in [-0.39, 0.29) is 18.0 Å². The zero-order chi connectivity index (χ0) is 20.3. The number of hydrogen-bond acceptors (Lipinski definition) is 4. The number of amides is 2. The summed E-state index contributed by atoms with van der Waals surface area (Å²) >= 11 is 0. The van der Waals surface area contributed by atoms with E-state index in [2.05, 4.69) is 39.8 Å². The molecule has 1 saturated carbocycles. The summed E-state index contributed by atoms with van der Waals surface area (Å²) in [4.78, 5) is 15.0. The molecule has 0 radical (unpaired) electrons. The van der Waals surface area contributed by atoms with Crippen LogP contribution in [0.1, 0.15) is 66.5 Å². The van der Waals surface area contributed by atoms with E-state index < -0.39 is 0 Å². The second-order valence-corrected chi connectivity index (χ2v) is 8.22. The Bertz CT molecular complexity index is 937. The first-order valence-electron chi connectivity index (χ1n) is 10.8. The van der Waals surface area contributed by atoms with Crippen LogP contribution in [0.4, 0.5) is 4.79 Å². The molecular weight excluding hydrogens is 376 g/mol. The highest BCUT2D eigenvalue weighted by molar-refractivity contribution is 5.75. The number of likely N-dealkylation sites (tertiary alicyclic amines) is 1. The van der Waals surface area contributed by atoms with Crippen molar-refractivity contribution >= 4 is 6.03 Å². The molecular formula is C24H26N4O2. The number of benzene rings is 2. The van der Waals surface area contributed by atoms with Gasteiger partial charge in [0.25, 0.3) is 0 Å². The van der Waals surface area contributed by atoms with Gasteiger partial charge in [-0.1, -0.05) is 60.7 Å². The van der Waals surface area contributed by atoms with Gasteiger partial charge in [0.05, 0.1) is 6.04 Å². The van der Waals surface area contributed by atoms with Crippen molar-refractivity contribution in [3.05, 3.63) is 83.6 Å². The molecule has 0 bridgehead atoms. The molecule has 1 saturated heterocycles. The Labute approximate surface area is 176 Å². The molecule has 1 aliphatic heterocycles. The number of carbonyl (C=O) groups excluding carboxylic acids is 1. The summed E-state index contributed by atoms with van der Waals surface area (Å²) < 4.78 is 5.88. The van der Waals surface area contributed by atoms with Crippen molar-refractivity contribution in [3.8, 4) is 0 Å². The normalized spacial score (nSPS) is 17.3. The minimum atomic E-state index is -0.172. The highest BCUT2D eigenvalue weighted by Crippen LogP contribution is 2.40. The van der Waals surface area contributed by atoms with Crippen LogP contribution in [0.3, 0.4) is 0 Å². The average Bonchev–Trinajstić information content (AvgIpc) is 3.55. The molecule has 2 amide bonds. The van der Waals surface area contributed by atoms with Crippen LogP contribution in [-0.2, 0) is 0 Å². The Hall–Kier alpha value is -3.15. The van der Waals surface area contributed by atoms with Crippen molar-refractivity contribution in [2.45, 2.75) is 43.6 Å². The zero-order valence-corrected chi connectivity index (χ0v) is 16.9. The maximum atomic E-state index is 13.1. The number of urea groups is 1. The van der Waals surface area contributed by atoms with E-state index in [1.54, 1.807) is 0 Å². The fourth-order valence-corrected chi connectivity index (χ4v) is 4.10. The van der Waals surface area contributed by atoms with E-state index in [9.17, 15) is 4.79 Å². The molecule has 30 heavy (non-hydrogen) atoms. The smallest absolute Gasteiger partial charge is 0.318 e. The number of rotatable bonds is 5. The van der Waals surface area contributed by atoms with Gasteiger partial charge in [-0.3, -0.25) is 0 Å². The summed E-state index contributed by atoms with van der Waals surface area (Å²) in [6.07, 6.45) is 4.01. The molecule has 0 spiro atoms. The third-order valence-electron chi connectivity index (χ3n) is 6.05. The summed E-state index contributed by atoms with van der Waals surface area (Å²) in [7, 11) is 0. The standard InChI is InChI=1S/C24H26N4O2/c29-24(25-21(17-7-3-1-4-8-17)18-9-5-2-6-10-18)28-15-13-20(14-16-28)23-27-26-22(30-23)19-11-12-19/h1-10,19-21H,11-16H2,(H,25,29). The van der Waals surface area contributed by atoms with Crippen LogP contribution in [0.25, 0.3) is 0 Å². The number of carbonyl (C=O) groups is 1. The van der Waals surface area contributed by atoms with Crippen LogP contribution in [0.2, 0.25) is 0 Å². The van der Waals surface area contributed by atoms with Gasteiger partial charge in [-0.05, 0) is 36.8 Å². The van der Waals surface area contributed by atoms with Crippen LogP contribution in [0.5, 0.6) is 0 Å². The minimum Gasteiger partial charge on any atom is -0.425 e. The van der Waals surface area contributed by atoms with Gasteiger partial charge in [0.1, 0.15) is 0 Å². The number of piperidine rings is 1. The lowest BCUT2D eigenvalue weighted by atomic mass is 9.96. The van der Waals surface area contributed by atoms with Gasteiger partial charge in [0.15, 0.2) is 0 Å². The Morgan fingerprint density at radius 1 is 0.833 bits per heavy atom.